The Morgan fingerprint density at radius 1 is 1.29 bits per heavy atom. The minimum absolute atomic E-state index is 0. The Balaban J connectivity index is 0.00000392. The van der Waals surface area contributed by atoms with Gasteiger partial charge in [-0.25, -0.2) is 4.98 Å². The van der Waals surface area contributed by atoms with Gasteiger partial charge in [0.2, 0.25) is 0 Å². The van der Waals surface area contributed by atoms with E-state index in [0.717, 1.165) is 42.4 Å². The second-order valence-corrected chi connectivity index (χ2v) is 6.23. The van der Waals surface area contributed by atoms with Gasteiger partial charge in [-0.2, -0.15) is 0 Å². The molecule has 0 aliphatic heterocycles. The summed E-state index contributed by atoms with van der Waals surface area (Å²) < 4.78 is 4.65. The van der Waals surface area contributed by atoms with Crippen LogP contribution in [0.3, 0.4) is 0 Å². The zero-order chi connectivity index (χ0) is 19.5. The van der Waals surface area contributed by atoms with Gasteiger partial charge >= 0.3 is 5.97 Å². The fourth-order valence-corrected chi connectivity index (χ4v) is 2.64. The molecule has 154 valence electrons. The molecule has 0 spiro atoms. The van der Waals surface area contributed by atoms with Crippen LogP contribution in [0.1, 0.15) is 32.0 Å². The van der Waals surface area contributed by atoms with Crippen molar-refractivity contribution in [2.75, 3.05) is 27.2 Å². The van der Waals surface area contributed by atoms with Gasteiger partial charge in [-0.1, -0.05) is 30.3 Å². The molecule has 0 amide bonds. The number of carbonyl (C=O) groups is 1. The molecule has 0 aliphatic carbocycles. The zero-order valence-electron chi connectivity index (χ0n) is 16.8. The van der Waals surface area contributed by atoms with Crippen LogP contribution in [0.2, 0.25) is 0 Å². The first-order chi connectivity index (χ1) is 13.1. The summed E-state index contributed by atoms with van der Waals surface area (Å²) in [6.07, 6.45) is 3.91. The lowest BCUT2D eigenvalue weighted by Gasteiger charge is -2.21. The smallest absolute Gasteiger partial charge is 0.305 e. The number of nitrogens with one attached hydrogen (secondary N) is 2. The number of esters is 1. The molecule has 0 fully saturated rings. The van der Waals surface area contributed by atoms with Crippen LogP contribution in [0.25, 0.3) is 11.3 Å². The molecule has 7 nitrogen and oxygen atoms in total. The molecule has 1 aromatic heterocycles. The minimum atomic E-state index is -0.171. The third-order valence-electron chi connectivity index (χ3n) is 4.07. The highest BCUT2D eigenvalue weighted by atomic mass is 127. The van der Waals surface area contributed by atoms with E-state index in [9.17, 15) is 4.79 Å². The highest BCUT2D eigenvalue weighted by molar-refractivity contribution is 14.0. The first kappa shape index (κ1) is 23.9. The molecule has 0 saturated carbocycles. The van der Waals surface area contributed by atoms with Gasteiger partial charge in [0.15, 0.2) is 5.96 Å². The molecule has 0 aliphatic rings. The number of aliphatic imine (C=N–C) groups is 1. The SMILES string of the molecule is CCNC(=NCCCCC(=O)OC)N(C)Cc1ncc(-c2ccccc2)[nH]1.I. The molecule has 1 aromatic carbocycles. The lowest BCUT2D eigenvalue weighted by molar-refractivity contribution is -0.140. The summed E-state index contributed by atoms with van der Waals surface area (Å²) in [5.74, 6) is 1.54. The molecule has 2 N–H and O–H groups in total. The number of carbonyl (C=O) groups excluding carboxylic acids is 1. The number of benzene rings is 1. The summed E-state index contributed by atoms with van der Waals surface area (Å²) in [6, 6.07) is 10.1. The molecular formula is C20H30IN5O2. The number of halogens is 1. The van der Waals surface area contributed by atoms with Crippen LogP contribution in [0, 0.1) is 0 Å². The first-order valence-corrected chi connectivity index (χ1v) is 9.29. The van der Waals surface area contributed by atoms with Crippen LogP contribution >= 0.6 is 24.0 Å². The molecule has 0 saturated heterocycles. The number of hydrogen-bond donors (Lipinski definition) is 2. The van der Waals surface area contributed by atoms with Crippen molar-refractivity contribution in [2.24, 2.45) is 4.99 Å². The average molecular weight is 499 g/mol. The molecule has 28 heavy (non-hydrogen) atoms. The normalized spacial score (nSPS) is 10.9. The van der Waals surface area contributed by atoms with Crippen molar-refractivity contribution in [3.05, 3.63) is 42.4 Å². The number of unbranched alkanes of at least 4 members (excludes halogenated alkanes) is 1. The Kier molecular flexibility index (Phi) is 11.2. The maximum absolute atomic E-state index is 11.1. The molecule has 0 bridgehead atoms. The third-order valence-corrected chi connectivity index (χ3v) is 4.07. The fourth-order valence-electron chi connectivity index (χ4n) is 2.64. The monoisotopic (exact) mass is 499 g/mol. The Morgan fingerprint density at radius 2 is 2.04 bits per heavy atom. The van der Waals surface area contributed by atoms with Gasteiger partial charge < -0.3 is 19.9 Å². The Morgan fingerprint density at radius 3 is 2.71 bits per heavy atom. The molecule has 2 rings (SSSR count). The highest BCUT2D eigenvalue weighted by Crippen LogP contribution is 2.16. The average Bonchev–Trinajstić information content (AvgIpc) is 3.15. The topological polar surface area (TPSA) is 82.6 Å². The van der Waals surface area contributed by atoms with Crippen molar-refractivity contribution in [3.63, 3.8) is 0 Å². The molecular weight excluding hydrogens is 469 g/mol. The first-order valence-electron chi connectivity index (χ1n) is 9.29. The summed E-state index contributed by atoms with van der Waals surface area (Å²) in [5, 5.41) is 3.29. The van der Waals surface area contributed by atoms with E-state index in [4.69, 9.17) is 0 Å². The predicted octanol–water partition coefficient (Wildman–Crippen LogP) is 3.44. The van der Waals surface area contributed by atoms with E-state index in [1.165, 1.54) is 7.11 Å². The van der Waals surface area contributed by atoms with Gasteiger partial charge in [-0.15, -0.1) is 24.0 Å². The predicted molar refractivity (Wildman–Crippen MR) is 123 cm³/mol. The number of guanidine groups is 1. The van der Waals surface area contributed by atoms with Gasteiger partial charge in [-0.05, 0) is 25.3 Å². The number of H-pyrrole nitrogens is 1. The molecule has 0 radical (unpaired) electrons. The van der Waals surface area contributed by atoms with E-state index in [-0.39, 0.29) is 29.9 Å². The molecule has 0 unspecified atom stereocenters. The van der Waals surface area contributed by atoms with E-state index >= 15 is 0 Å². The number of hydrogen-bond acceptors (Lipinski definition) is 4. The lowest BCUT2D eigenvalue weighted by atomic mass is 10.2. The van der Waals surface area contributed by atoms with Crippen LogP contribution < -0.4 is 5.32 Å². The van der Waals surface area contributed by atoms with Crippen molar-refractivity contribution in [1.82, 2.24) is 20.2 Å². The number of aromatic amines is 1. The van der Waals surface area contributed by atoms with Gasteiger partial charge in [0.1, 0.15) is 5.82 Å². The van der Waals surface area contributed by atoms with Crippen LogP contribution in [-0.2, 0) is 16.1 Å². The highest BCUT2D eigenvalue weighted by Gasteiger charge is 2.10. The summed E-state index contributed by atoms with van der Waals surface area (Å²) in [6.45, 7) is 4.12. The minimum Gasteiger partial charge on any atom is -0.469 e. The fraction of sp³-hybridized carbons (Fsp3) is 0.450. The zero-order valence-corrected chi connectivity index (χ0v) is 19.1. The maximum atomic E-state index is 11.1. The third kappa shape index (κ3) is 7.87. The molecule has 8 heteroatoms. The molecule has 2 aromatic rings. The molecule has 1 heterocycles. The van der Waals surface area contributed by atoms with E-state index in [0.29, 0.717) is 19.5 Å². The number of methoxy groups -OCH3 is 1. The number of ether oxygens (including phenoxy) is 1. The van der Waals surface area contributed by atoms with Gasteiger partial charge in [-0.3, -0.25) is 9.79 Å². The van der Waals surface area contributed by atoms with Crippen LogP contribution in [0.5, 0.6) is 0 Å². The summed E-state index contributed by atoms with van der Waals surface area (Å²) >= 11 is 0. The van der Waals surface area contributed by atoms with Crippen molar-refractivity contribution >= 4 is 35.9 Å². The number of nitrogens with zero attached hydrogens (tertiary/aromatic N) is 3. The van der Waals surface area contributed by atoms with E-state index in [1.54, 1.807) is 0 Å². The largest absolute Gasteiger partial charge is 0.469 e. The number of aromatic nitrogens is 2. The summed E-state index contributed by atoms with van der Waals surface area (Å²) in [5.41, 5.74) is 2.12. The van der Waals surface area contributed by atoms with E-state index in [2.05, 4.69) is 37.1 Å². The number of imidazole rings is 1. The van der Waals surface area contributed by atoms with Crippen LogP contribution in [-0.4, -0.2) is 54.0 Å². The van der Waals surface area contributed by atoms with Crippen molar-refractivity contribution in [3.8, 4) is 11.3 Å². The Hall–Kier alpha value is -2.10. The van der Waals surface area contributed by atoms with Gasteiger partial charge in [0, 0.05) is 26.6 Å². The van der Waals surface area contributed by atoms with Crippen molar-refractivity contribution in [1.29, 1.82) is 0 Å². The Labute approximate surface area is 184 Å². The summed E-state index contributed by atoms with van der Waals surface area (Å²) in [4.78, 5) is 25.7. The Bertz CT molecular complexity index is 733. The molecule has 0 atom stereocenters. The van der Waals surface area contributed by atoms with Gasteiger partial charge in [0.05, 0.1) is 25.5 Å². The second-order valence-electron chi connectivity index (χ2n) is 6.23. The number of rotatable bonds is 9. The van der Waals surface area contributed by atoms with Crippen molar-refractivity contribution in [2.45, 2.75) is 32.7 Å². The van der Waals surface area contributed by atoms with Crippen LogP contribution in [0.4, 0.5) is 0 Å². The van der Waals surface area contributed by atoms with Gasteiger partial charge in [0.25, 0.3) is 0 Å². The quantitative estimate of drug-likeness (QED) is 0.182. The van der Waals surface area contributed by atoms with Crippen LogP contribution in [0.15, 0.2) is 41.5 Å². The van der Waals surface area contributed by atoms with Crippen molar-refractivity contribution < 1.29 is 9.53 Å². The van der Waals surface area contributed by atoms with E-state index in [1.807, 2.05) is 43.3 Å². The lowest BCUT2D eigenvalue weighted by Crippen LogP contribution is -2.38. The maximum Gasteiger partial charge on any atom is 0.305 e. The second kappa shape index (κ2) is 13.1. The summed E-state index contributed by atoms with van der Waals surface area (Å²) in [7, 11) is 3.40. The van der Waals surface area contributed by atoms with E-state index < -0.39 is 0 Å². The standard InChI is InChI=1S/C20H29N5O2.HI/c1-4-21-20(22-13-9-8-12-19(26)27-3)25(2)15-18-23-14-17(24-18)16-10-6-5-7-11-16;/h5-7,10-11,14H,4,8-9,12-13,15H2,1-3H3,(H,21,22)(H,23,24);1H.